The second-order valence-electron chi connectivity index (χ2n) is 5.38. The second-order valence-corrected chi connectivity index (χ2v) is 6.33. The van der Waals surface area contributed by atoms with Crippen molar-refractivity contribution in [3.05, 3.63) is 64.3 Å². The van der Waals surface area contributed by atoms with E-state index in [0.29, 0.717) is 36.9 Å². The highest BCUT2D eigenvalue weighted by Gasteiger charge is 2.14. The number of hydrogen-bond donors (Lipinski definition) is 0. The van der Waals surface area contributed by atoms with E-state index < -0.39 is 5.76 Å². The Kier molecular flexibility index (Phi) is 4.26. The molecule has 3 heterocycles. The Morgan fingerprint density at radius 2 is 1.92 bits per heavy atom. The number of rotatable bonds is 6. The van der Waals surface area contributed by atoms with Crippen molar-refractivity contribution < 1.29 is 9.05 Å². The van der Waals surface area contributed by atoms with Crippen LogP contribution in [-0.2, 0) is 13.0 Å². The van der Waals surface area contributed by atoms with Gasteiger partial charge in [0.15, 0.2) is 5.82 Å². The first kappa shape index (κ1) is 15.5. The van der Waals surface area contributed by atoms with Gasteiger partial charge < -0.3 is 4.52 Å². The fourth-order valence-corrected chi connectivity index (χ4v) is 3.16. The van der Waals surface area contributed by atoms with Gasteiger partial charge in [-0.05, 0) is 17.9 Å². The average Bonchev–Trinajstić information content (AvgIpc) is 3.37. The molecule has 0 radical (unpaired) electrons. The predicted octanol–water partition coefficient (Wildman–Crippen LogP) is 3.25. The van der Waals surface area contributed by atoms with Gasteiger partial charge in [-0.15, -0.1) is 11.3 Å². The Morgan fingerprint density at radius 3 is 2.72 bits per heavy atom. The van der Waals surface area contributed by atoms with Crippen LogP contribution in [0.2, 0.25) is 0 Å². The molecular weight excluding hydrogens is 340 g/mol. The molecule has 7 nitrogen and oxygen atoms in total. The summed E-state index contributed by atoms with van der Waals surface area (Å²) >= 11 is 1.56. The number of benzene rings is 1. The van der Waals surface area contributed by atoms with E-state index in [-0.39, 0.29) is 0 Å². The van der Waals surface area contributed by atoms with Gasteiger partial charge in [-0.3, -0.25) is 9.09 Å². The third-order valence-electron chi connectivity index (χ3n) is 3.70. The van der Waals surface area contributed by atoms with Crippen molar-refractivity contribution in [3.63, 3.8) is 0 Å². The highest BCUT2D eigenvalue weighted by atomic mass is 32.1. The number of thiophene rings is 1. The molecule has 0 N–H and O–H groups in total. The zero-order chi connectivity index (χ0) is 17.1. The molecule has 0 aliphatic rings. The quantitative estimate of drug-likeness (QED) is 0.528. The molecule has 126 valence electrons. The summed E-state index contributed by atoms with van der Waals surface area (Å²) in [5.41, 5.74) is 0.839. The Labute approximate surface area is 146 Å². The van der Waals surface area contributed by atoms with Gasteiger partial charge in [0.05, 0.1) is 4.88 Å². The van der Waals surface area contributed by atoms with Crippen LogP contribution < -0.4 is 5.76 Å². The Bertz CT molecular complexity index is 1000. The summed E-state index contributed by atoms with van der Waals surface area (Å²) in [6.45, 7) is 0.462. The van der Waals surface area contributed by atoms with Gasteiger partial charge in [-0.1, -0.05) is 46.7 Å². The molecule has 4 aromatic rings. The van der Waals surface area contributed by atoms with Gasteiger partial charge >= 0.3 is 5.76 Å². The molecule has 0 saturated heterocycles. The largest absolute Gasteiger partial charge is 0.441 e. The van der Waals surface area contributed by atoms with Crippen LogP contribution in [0.15, 0.2) is 61.7 Å². The van der Waals surface area contributed by atoms with Gasteiger partial charge in [-0.2, -0.15) is 4.98 Å². The minimum Gasteiger partial charge on any atom is -0.339 e. The maximum Gasteiger partial charge on any atom is 0.441 e. The van der Waals surface area contributed by atoms with Crippen LogP contribution in [0.25, 0.3) is 22.1 Å². The minimum atomic E-state index is -0.469. The minimum absolute atomic E-state index is 0.462. The molecule has 3 aromatic heterocycles. The highest BCUT2D eigenvalue weighted by molar-refractivity contribution is 7.13. The molecule has 8 heteroatoms. The molecule has 0 bridgehead atoms. The molecule has 0 amide bonds. The van der Waals surface area contributed by atoms with Gasteiger partial charge in [-0.25, -0.2) is 4.79 Å². The molecule has 0 fully saturated rings. The molecule has 0 aliphatic heterocycles. The monoisotopic (exact) mass is 354 g/mol. The third-order valence-corrected chi connectivity index (χ3v) is 4.57. The van der Waals surface area contributed by atoms with Crippen LogP contribution in [0.1, 0.15) is 12.3 Å². The molecule has 0 unspecified atom stereocenters. The topological polar surface area (TPSA) is 87.0 Å². The number of nitrogens with zero attached hydrogens (tertiary/aromatic N) is 4. The Morgan fingerprint density at radius 1 is 1.04 bits per heavy atom. The van der Waals surface area contributed by atoms with Crippen molar-refractivity contribution in [2.24, 2.45) is 0 Å². The number of hydrogen-bond acceptors (Lipinski definition) is 7. The zero-order valence-electron chi connectivity index (χ0n) is 13.2. The van der Waals surface area contributed by atoms with Crippen molar-refractivity contribution in [2.75, 3.05) is 0 Å². The molecule has 0 spiro atoms. The fourth-order valence-electron chi connectivity index (χ4n) is 2.51. The van der Waals surface area contributed by atoms with Gasteiger partial charge in [0, 0.05) is 18.5 Å². The highest BCUT2D eigenvalue weighted by Crippen LogP contribution is 2.21. The van der Waals surface area contributed by atoms with Crippen LogP contribution in [0, 0.1) is 0 Å². The van der Waals surface area contributed by atoms with Crippen molar-refractivity contribution in [1.29, 1.82) is 0 Å². The molecule has 0 aliphatic carbocycles. The van der Waals surface area contributed by atoms with E-state index in [1.54, 1.807) is 11.3 Å². The van der Waals surface area contributed by atoms with E-state index in [9.17, 15) is 4.79 Å². The molecular formula is C17H14N4O3S. The van der Waals surface area contributed by atoms with Crippen molar-refractivity contribution in [1.82, 2.24) is 19.9 Å². The standard InChI is InChI=1S/C17H14N4O3S/c22-17-21(16(20-24-17)12-6-2-1-3-7-12)10-4-9-14-18-15(19-23-14)13-8-5-11-25-13/h1-3,5-8,11H,4,9-10H2. The van der Waals surface area contributed by atoms with E-state index in [2.05, 4.69) is 15.3 Å². The lowest BCUT2D eigenvalue weighted by Crippen LogP contribution is -2.16. The summed E-state index contributed by atoms with van der Waals surface area (Å²) < 4.78 is 11.6. The predicted molar refractivity (Wildman–Crippen MR) is 92.1 cm³/mol. The summed E-state index contributed by atoms with van der Waals surface area (Å²) in [5, 5.41) is 9.82. The van der Waals surface area contributed by atoms with Crippen molar-refractivity contribution in [2.45, 2.75) is 19.4 Å². The maximum atomic E-state index is 11.9. The molecule has 0 saturated carbocycles. The average molecular weight is 354 g/mol. The molecule has 4 rings (SSSR count). The van der Waals surface area contributed by atoms with E-state index in [4.69, 9.17) is 9.05 Å². The number of aryl methyl sites for hydroxylation is 1. The lowest BCUT2D eigenvalue weighted by molar-refractivity contribution is 0.363. The summed E-state index contributed by atoms with van der Waals surface area (Å²) in [5.74, 6) is 1.20. The Balaban J connectivity index is 1.44. The lowest BCUT2D eigenvalue weighted by Gasteiger charge is -2.03. The Hall–Kier alpha value is -3.00. The maximum absolute atomic E-state index is 11.9. The van der Waals surface area contributed by atoms with E-state index in [0.717, 1.165) is 10.4 Å². The van der Waals surface area contributed by atoms with Crippen LogP contribution in [0.3, 0.4) is 0 Å². The first-order chi connectivity index (χ1) is 12.3. The smallest absolute Gasteiger partial charge is 0.339 e. The van der Waals surface area contributed by atoms with Crippen LogP contribution in [-0.4, -0.2) is 19.9 Å². The van der Waals surface area contributed by atoms with Gasteiger partial charge in [0.25, 0.3) is 0 Å². The van der Waals surface area contributed by atoms with Crippen LogP contribution in [0.5, 0.6) is 0 Å². The molecule has 25 heavy (non-hydrogen) atoms. The summed E-state index contributed by atoms with van der Waals surface area (Å²) in [6.07, 6.45) is 1.23. The summed E-state index contributed by atoms with van der Waals surface area (Å²) in [4.78, 5) is 17.2. The van der Waals surface area contributed by atoms with Gasteiger partial charge in [0.2, 0.25) is 11.7 Å². The molecule has 1 aromatic carbocycles. The third kappa shape index (κ3) is 3.29. The van der Waals surface area contributed by atoms with Crippen LogP contribution in [0.4, 0.5) is 0 Å². The fraction of sp³-hybridized carbons (Fsp3) is 0.176. The normalized spacial score (nSPS) is 11.0. The summed E-state index contributed by atoms with van der Waals surface area (Å²) in [7, 11) is 0. The van der Waals surface area contributed by atoms with E-state index in [1.807, 2.05) is 47.8 Å². The second kappa shape index (κ2) is 6.86. The zero-order valence-corrected chi connectivity index (χ0v) is 14.0. The first-order valence-electron chi connectivity index (χ1n) is 7.79. The lowest BCUT2D eigenvalue weighted by atomic mass is 10.2. The summed E-state index contributed by atoms with van der Waals surface area (Å²) in [6, 6.07) is 13.4. The van der Waals surface area contributed by atoms with Crippen LogP contribution >= 0.6 is 11.3 Å². The SMILES string of the molecule is O=c1onc(-c2ccccc2)n1CCCc1nc(-c2cccs2)no1. The first-order valence-corrected chi connectivity index (χ1v) is 8.67. The van der Waals surface area contributed by atoms with Crippen molar-refractivity contribution >= 4 is 11.3 Å². The van der Waals surface area contributed by atoms with Crippen molar-refractivity contribution in [3.8, 4) is 22.1 Å². The number of aromatic nitrogens is 4. The van der Waals surface area contributed by atoms with E-state index in [1.165, 1.54) is 4.57 Å². The molecule has 0 atom stereocenters. The van der Waals surface area contributed by atoms with E-state index >= 15 is 0 Å². The van der Waals surface area contributed by atoms with Gasteiger partial charge in [0.1, 0.15) is 0 Å².